The van der Waals surface area contributed by atoms with Gasteiger partial charge in [0.25, 0.3) is 0 Å². The molecule has 4 aromatic rings. The van der Waals surface area contributed by atoms with Crippen molar-refractivity contribution >= 4 is 23.2 Å². The van der Waals surface area contributed by atoms with E-state index in [1.54, 1.807) is 0 Å². The zero-order chi connectivity index (χ0) is 32.1. The van der Waals surface area contributed by atoms with Gasteiger partial charge in [-0.05, 0) is 112 Å². The van der Waals surface area contributed by atoms with Crippen LogP contribution in [0.1, 0.15) is 136 Å². The third-order valence-electron chi connectivity index (χ3n) is 11.7. The van der Waals surface area contributed by atoms with Gasteiger partial charge in [0.05, 0.1) is 10.8 Å². The molecule has 6 aliphatic rings. The van der Waals surface area contributed by atoms with Crippen molar-refractivity contribution in [2.75, 3.05) is 0 Å². The molecular weight excluding hydrogens is 637 g/mol. The Balaban J connectivity index is 0.000000129. The number of benzene rings is 2. The SMILES string of the molecule is CC1(c2nnc(C3(c4ccc(Cl)cc4)CC(F)C3)n2C2CC2)CC1.FC1CC(c2ccc(Cl)cc2)(c2nnc(C3CC3)n2C2CC2)C1. The van der Waals surface area contributed by atoms with E-state index >= 15 is 0 Å². The fraction of sp³-hybridized carbons (Fsp3) is 0.568. The Morgan fingerprint density at radius 3 is 1.45 bits per heavy atom. The minimum Gasteiger partial charge on any atom is -0.311 e. The normalized spacial score (nSPS) is 30.6. The van der Waals surface area contributed by atoms with Crippen molar-refractivity contribution in [1.82, 2.24) is 29.5 Å². The summed E-state index contributed by atoms with van der Waals surface area (Å²) in [6.07, 6.45) is 10.0. The zero-order valence-electron chi connectivity index (χ0n) is 26.7. The quantitative estimate of drug-likeness (QED) is 0.187. The topological polar surface area (TPSA) is 61.4 Å². The monoisotopic (exact) mass is 676 g/mol. The Morgan fingerprint density at radius 2 is 1.02 bits per heavy atom. The van der Waals surface area contributed by atoms with Crippen LogP contribution in [0.5, 0.6) is 0 Å². The largest absolute Gasteiger partial charge is 0.311 e. The summed E-state index contributed by atoms with van der Waals surface area (Å²) in [5, 5.41) is 19.7. The van der Waals surface area contributed by atoms with Gasteiger partial charge in [-0.1, -0.05) is 54.4 Å². The highest BCUT2D eigenvalue weighted by atomic mass is 35.5. The van der Waals surface area contributed by atoms with Crippen LogP contribution in [-0.4, -0.2) is 41.9 Å². The highest BCUT2D eigenvalue weighted by molar-refractivity contribution is 6.30. The molecule has 0 saturated heterocycles. The third kappa shape index (κ3) is 5.15. The second kappa shape index (κ2) is 10.8. The van der Waals surface area contributed by atoms with Crippen LogP contribution in [0.4, 0.5) is 8.78 Å². The molecule has 6 aliphatic carbocycles. The van der Waals surface area contributed by atoms with Gasteiger partial charge in [0.1, 0.15) is 35.6 Å². The van der Waals surface area contributed by atoms with Crippen molar-refractivity contribution < 1.29 is 8.78 Å². The van der Waals surface area contributed by atoms with Crippen LogP contribution in [0, 0.1) is 0 Å². The molecule has 6 nitrogen and oxygen atoms in total. The van der Waals surface area contributed by atoms with Crippen LogP contribution in [0.3, 0.4) is 0 Å². The van der Waals surface area contributed by atoms with Gasteiger partial charge >= 0.3 is 0 Å². The van der Waals surface area contributed by atoms with E-state index in [1.165, 1.54) is 51.4 Å². The van der Waals surface area contributed by atoms with Crippen LogP contribution >= 0.6 is 23.2 Å². The van der Waals surface area contributed by atoms with Crippen molar-refractivity contribution in [3.05, 3.63) is 93.0 Å². The number of nitrogens with zero attached hydrogens (tertiary/aromatic N) is 6. The molecule has 0 radical (unpaired) electrons. The van der Waals surface area contributed by atoms with Gasteiger partial charge < -0.3 is 9.13 Å². The van der Waals surface area contributed by atoms with Gasteiger partial charge in [0, 0.05) is 33.5 Å². The smallest absolute Gasteiger partial charge is 0.144 e. The lowest BCUT2D eigenvalue weighted by Crippen LogP contribution is -2.45. The number of rotatable bonds is 8. The van der Waals surface area contributed by atoms with E-state index in [0.717, 1.165) is 34.4 Å². The first-order valence-electron chi connectivity index (χ1n) is 17.4. The first kappa shape index (κ1) is 30.2. The Hall–Kier alpha value is -2.84. The molecule has 2 aromatic heterocycles. The standard InChI is InChI=1S/C19H21ClFN3.C18H19ClFN3/c1-18(8-9-18)16-22-23-17(24(16)15-6-7-15)19(10-14(21)11-19)12-2-4-13(20)5-3-12;19-13-5-3-12(4-6-13)18(9-14(20)10-18)17-22-21-16(11-1-2-11)23(17)15-7-8-15/h2-5,14-15H,6-11H2,1H3;3-6,11,14-15H,1-2,7-10H2. The molecule has 47 heavy (non-hydrogen) atoms. The van der Waals surface area contributed by atoms with Gasteiger partial charge in [0.15, 0.2) is 0 Å². The number of halogens is 4. The predicted octanol–water partition coefficient (Wildman–Crippen LogP) is 9.30. The van der Waals surface area contributed by atoms with Crippen molar-refractivity contribution in [1.29, 1.82) is 0 Å². The van der Waals surface area contributed by atoms with Crippen LogP contribution in [0.2, 0.25) is 10.0 Å². The van der Waals surface area contributed by atoms with E-state index < -0.39 is 12.3 Å². The average molecular weight is 678 g/mol. The van der Waals surface area contributed by atoms with Crippen LogP contribution in [0.25, 0.3) is 0 Å². The maximum absolute atomic E-state index is 14.0. The number of aromatic nitrogens is 6. The van der Waals surface area contributed by atoms with E-state index in [9.17, 15) is 8.78 Å². The van der Waals surface area contributed by atoms with Gasteiger partial charge in [-0.2, -0.15) is 0 Å². The molecule has 10 heteroatoms. The van der Waals surface area contributed by atoms with E-state index in [-0.39, 0.29) is 16.2 Å². The Morgan fingerprint density at radius 1 is 0.596 bits per heavy atom. The molecule has 0 unspecified atom stereocenters. The summed E-state index contributed by atoms with van der Waals surface area (Å²) in [6.45, 7) is 2.27. The molecule has 0 amide bonds. The molecule has 2 heterocycles. The van der Waals surface area contributed by atoms with E-state index in [2.05, 4.69) is 36.5 Å². The Labute approximate surface area is 284 Å². The predicted molar refractivity (Wildman–Crippen MR) is 178 cm³/mol. The van der Waals surface area contributed by atoms with Gasteiger partial charge in [-0.15, -0.1) is 20.4 Å². The summed E-state index contributed by atoms with van der Waals surface area (Å²) in [5.74, 6) is 4.79. The van der Waals surface area contributed by atoms with Gasteiger partial charge in [-0.3, -0.25) is 0 Å². The van der Waals surface area contributed by atoms with Crippen molar-refractivity contribution in [2.24, 2.45) is 0 Å². The first-order chi connectivity index (χ1) is 22.7. The van der Waals surface area contributed by atoms with Crippen LogP contribution in [0.15, 0.2) is 48.5 Å². The summed E-state index contributed by atoms with van der Waals surface area (Å²) in [5.41, 5.74) is 1.74. The van der Waals surface area contributed by atoms with Gasteiger partial charge in [-0.25, -0.2) is 8.78 Å². The number of hydrogen-bond acceptors (Lipinski definition) is 4. The number of alkyl halides is 2. The molecule has 6 fully saturated rings. The molecule has 2 aromatic carbocycles. The minimum atomic E-state index is -0.759. The summed E-state index contributed by atoms with van der Waals surface area (Å²) in [6, 6.07) is 16.7. The lowest BCUT2D eigenvalue weighted by Gasteiger charge is -2.44. The lowest BCUT2D eigenvalue weighted by atomic mass is 9.62. The molecule has 0 bridgehead atoms. The second-order valence-corrected chi connectivity index (χ2v) is 16.3. The molecule has 10 rings (SSSR count). The van der Waals surface area contributed by atoms with Crippen molar-refractivity contribution in [2.45, 2.75) is 131 Å². The first-order valence-corrected chi connectivity index (χ1v) is 18.2. The summed E-state index contributed by atoms with van der Waals surface area (Å²) in [4.78, 5) is 0. The summed E-state index contributed by atoms with van der Waals surface area (Å²) < 4.78 is 32.6. The second-order valence-electron chi connectivity index (χ2n) is 15.5. The van der Waals surface area contributed by atoms with Crippen LogP contribution in [-0.2, 0) is 16.2 Å². The molecule has 0 N–H and O–H groups in total. The van der Waals surface area contributed by atoms with Crippen LogP contribution < -0.4 is 0 Å². The highest BCUT2D eigenvalue weighted by Gasteiger charge is 2.55. The highest BCUT2D eigenvalue weighted by Crippen LogP contribution is 2.56. The van der Waals surface area contributed by atoms with Crippen molar-refractivity contribution in [3.63, 3.8) is 0 Å². The third-order valence-corrected chi connectivity index (χ3v) is 12.2. The summed E-state index contributed by atoms with van der Waals surface area (Å²) >= 11 is 12.1. The fourth-order valence-corrected chi connectivity index (χ4v) is 8.34. The molecule has 246 valence electrons. The van der Waals surface area contributed by atoms with Gasteiger partial charge in [0.2, 0.25) is 0 Å². The maximum atomic E-state index is 14.0. The molecule has 0 aliphatic heterocycles. The maximum Gasteiger partial charge on any atom is 0.144 e. The lowest BCUT2D eigenvalue weighted by molar-refractivity contribution is 0.113. The minimum absolute atomic E-state index is 0.174. The Kier molecular flexibility index (Phi) is 6.97. The molecule has 0 spiro atoms. The molecule has 0 atom stereocenters. The van der Waals surface area contributed by atoms with E-state index in [0.29, 0.717) is 53.7 Å². The van der Waals surface area contributed by atoms with E-state index in [1.807, 2.05) is 48.5 Å². The number of hydrogen-bond donors (Lipinski definition) is 0. The molecule has 6 saturated carbocycles. The van der Waals surface area contributed by atoms with E-state index in [4.69, 9.17) is 23.2 Å². The average Bonchev–Trinajstić information content (AvgIpc) is 3.83. The molecular formula is C37H40Cl2F2N6. The van der Waals surface area contributed by atoms with Crippen molar-refractivity contribution in [3.8, 4) is 0 Å². The zero-order valence-corrected chi connectivity index (χ0v) is 28.2. The Bertz CT molecular complexity index is 1790. The summed E-state index contributed by atoms with van der Waals surface area (Å²) in [7, 11) is 0. The fourth-order valence-electron chi connectivity index (χ4n) is 8.09.